The van der Waals surface area contributed by atoms with Gasteiger partial charge in [-0.05, 0) is 19.3 Å². The van der Waals surface area contributed by atoms with Crippen molar-refractivity contribution in [2.45, 2.75) is 73.9 Å². The molecule has 0 spiro atoms. The number of hydrogen-bond acceptors (Lipinski definition) is 8. The zero-order chi connectivity index (χ0) is 22.4. The summed E-state index contributed by atoms with van der Waals surface area (Å²) in [6, 6.07) is -0.430. The van der Waals surface area contributed by atoms with Gasteiger partial charge >= 0.3 is 0 Å². The van der Waals surface area contributed by atoms with Crippen LogP contribution in [0.3, 0.4) is 0 Å². The molecule has 30 heavy (non-hydrogen) atoms. The van der Waals surface area contributed by atoms with Crippen molar-refractivity contribution in [3.05, 3.63) is 0 Å². The predicted octanol–water partition coefficient (Wildman–Crippen LogP) is 1.20. The van der Waals surface area contributed by atoms with Crippen LogP contribution in [0.5, 0.6) is 0 Å². The number of ether oxygens (including phenoxy) is 2. The molecule has 0 radical (unpaired) electrons. The van der Waals surface area contributed by atoms with Crippen LogP contribution in [-0.4, -0.2) is 76.9 Å². The molecule has 0 aromatic carbocycles. The van der Waals surface area contributed by atoms with Crippen LogP contribution < -0.4 is 16.1 Å². The number of aliphatic hydroxyl groups is 1. The highest BCUT2D eigenvalue weighted by atomic mass is 127. The molecule has 1 rings (SSSR count). The Morgan fingerprint density at radius 1 is 1.13 bits per heavy atom. The Morgan fingerprint density at radius 3 is 2.43 bits per heavy atom. The zero-order valence-electron chi connectivity index (χ0n) is 17.1. The Morgan fingerprint density at radius 2 is 1.83 bits per heavy atom. The van der Waals surface area contributed by atoms with E-state index in [0.717, 1.165) is 25.7 Å². The van der Waals surface area contributed by atoms with Crippen LogP contribution in [0, 0.1) is 0 Å². The summed E-state index contributed by atoms with van der Waals surface area (Å²) in [4.78, 5) is 23.5. The molecule has 10 nitrogen and oxygen atoms in total. The van der Waals surface area contributed by atoms with Crippen molar-refractivity contribution in [2.75, 3.05) is 26.3 Å². The lowest BCUT2D eigenvalue weighted by Gasteiger charge is -2.43. The van der Waals surface area contributed by atoms with Crippen LogP contribution in [0.25, 0.3) is 0 Å². The van der Waals surface area contributed by atoms with E-state index in [1.807, 2.05) is 0 Å². The zero-order valence-corrected chi connectivity index (χ0v) is 21.5. The summed E-state index contributed by atoms with van der Waals surface area (Å²) < 4.78 is 16.9. The van der Waals surface area contributed by atoms with Crippen LogP contribution >= 0.6 is 45.6 Å². The molecule has 5 unspecified atom stereocenters. The molecule has 5 N–H and O–H groups in total. The highest BCUT2D eigenvalue weighted by Crippen LogP contribution is 2.31. The van der Waals surface area contributed by atoms with E-state index in [1.54, 1.807) is 23.0 Å². The lowest BCUT2D eigenvalue weighted by molar-refractivity contribution is -0.230. The van der Waals surface area contributed by atoms with Crippen molar-refractivity contribution in [3.8, 4) is 0 Å². The quantitative estimate of drug-likeness (QED) is 0.0768. The SMILES string of the molecule is CC(=O)NC1C(OCCCC(=O)NCCCCCCNO)OC(CO)C(OI)C1I. The fourth-order valence-corrected chi connectivity index (χ4v) is 5.44. The second-order valence-electron chi connectivity index (χ2n) is 7.10. The van der Waals surface area contributed by atoms with Crippen molar-refractivity contribution in [3.63, 3.8) is 0 Å². The molecule has 1 fully saturated rings. The van der Waals surface area contributed by atoms with Crippen LogP contribution in [0.1, 0.15) is 45.4 Å². The van der Waals surface area contributed by atoms with Gasteiger partial charge in [-0.2, -0.15) is 0 Å². The molecule has 0 saturated carbocycles. The average molecular weight is 657 g/mol. The third kappa shape index (κ3) is 10.7. The molecule has 176 valence electrons. The number of hydroxylamine groups is 1. The van der Waals surface area contributed by atoms with Crippen molar-refractivity contribution < 1.29 is 32.4 Å². The normalized spacial score (nSPS) is 26.4. The largest absolute Gasteiger partial charge is 0.394 e. The second-order valence-corrected chi connectivity index (χ2v) is 9.04. The number of amides is 2. The minimum absolute atomic E-state index is 0.0306. The molecule has 5 atom stereocenters. The Labute approximate surface area is 205 Å². The van der Waals surface area contributed by atoms with Gasteiger partial charge in [0, 0.05) is 26.4 Å². The minimum atomic E-state index is -0.729. The molecule has 0 bridgehead atoms. The maximum Gasteiger partial charge on any atom is 0.220 e. The minimum Gasteiger partial charge on any atom is -0.394 e. The van der Waals surface area contributed by atoms with Crippen molar-refractivity contribution >= 4 is 57.4 Å². The topological polar surface area (TPSA) is 138 Å². The van der Waals surface area contributed by atoms with Gasteiger partial charge in [0.05, 0.1) is 23.2 Å². The van der Waals surface area contributed by atoms with Crippen LogP contribution in [0.2, 0.25) is 0 Å². The summed E-state index contributed by atoms with van der Waals surface area (Å²) in [5.74, 6) is -0.238. The second kappa shape index (κ2) is 16.7. The van der Waals surface area contributed by atoms with Crippen molar-refractivity contribution in [2.24, 2.45) is 0 Å². The number of hydrogen-bond donors (Lipinski definition) is 5. The van der Waals surface area contributed by atoms with Gasteiger partial charge in [0.15, 0.2) is 6.29 Å². The van der Waals surface area contributed by atoms with E-state index in [9.17, 15) is 14.7 Å². The first kappa shape index (κ1) is 28.2. The van der Waals surface area contributed by atoms with E-state index in [4.69, 9.17) is 17.7 Å². The smallest absolute Gasteiger partial charge is 0.220 e. The summed E-state index contributed by atoms with van der Waals surface area (Å²) >= 11 is 3.94. The number of alkyl halides is 1. The number of halogens is 2. The van der Waals surface area contributed by atoms with Crippen LogP contribution in [0.4, 0.5) is 0 Å². The lowest BCUT2D eigenvalue weighted by Crippen LogP contribution is -2.62. The summed E-state index contributed by atoms with van der Waals surface area (Å²) in [6.45, 7) is 2.71. The van der Waals surface area contributed by atoms with Crippen molar-refractivity contribution in [1.29, 1.82) is 0 Å². The van der Waals surface area contributed by atoms with E-state index in [0.29, 0.717) is 32.5 Å². The molecule has 0 aromatic rings. The van der Waals surface area contributed by atoms with Gasteiger partial charge in [0.1, 0.15) is 35.2 Å². The van der Waals surface area contributed by atoms with E-state index in [-0.39, 0.29) is 22.3 Å². The first-order valence-electron chi connectivity index (χ1n) is 10.1. The first-order chi connectivity index (χ1) is 14.4. The molecular weight excluding hydrogens is 624 g/mol. The number of carbonyl (C=O) groups excluding carboxylic acids is 2. The Bertz CT molecular complexity index is 504. The predicted molar refractivity (Wildman–Crippen MR) is 127 cm³/mol. The molecule has 2 amide bonds. The molecule has 1 aliphatic heterocycles. The van der Waals surface area contributed by atoms with Gasteiger partial charge in [-0.3, -0.25) is 9.59 Å². The molecule has 1 heterocycles. The number of carbonyl (C=O) groups is 2. The fourth-order valence-electron chi connectivity index (χ4n) is 3.10. The summed E-state index contributed by atoms with van der Waals surface area (Å²) in [7, 11) is 0. The van der Waals surface area contributed by atoms with Gasteiger partial charge in [0.2, 0.25) is 11.8 Å². The van der Waals surface area contributed by atoms with E-state index < -0.39 is 24.5 Å². The Balaban J connectivity index is 2.33. The maximum atomic E-state index is 11.9. The number of nitrogens with one attached hydrogen (secondary N) is 3. The van der Waals surface area contributed by atoms with Crippen molar-refractivity contribution in [1.82, 2.24) is 16.1 Å². The molecular formula is C18H33I2N3O7. The lowest BCUT2D eigenvalue weighted by atomic mass is 10.0. The Hall–Kier alpha value is 0.160. The molecule has 0 aromatic heterocycles. The number of unbranched alkanes of at least 4 members (excludes halogenated alkanes) is 3. The van der Waals surface area contributed by atoms with Gasteiger partial charge in [-0.15, -0.1) is 0 Å². The summed E-state index contributed by atoms with van der Waals surface area (Å²) in [6.07, 6.45) is 2.99. The van der Waals surface area contributed by atoms with E-state index in [2.05, 4.69) is 38.7 Å². The standard InChI is InChI=1S/C18H33I2N3O7/c1-12(25)23-16-15(19)17(30-20)13(11-24)29-18(16)28-10-6-7-14(26)21-8-4-2-3-5-9-22-27/h13,15-18,22,24,27H,2-11H2,1H3,(H,21,26)(H,23,25). The maximum absolute atomic E-state index is 11.9. The molecule has 1 saturated heterocycles. The molecule has 0 aliphatic carbocycles. The third-order valence-electron chi connectivity index (χ3n) is 4.65. The number of rotatable bonds is 15. The fraction of sp³-hybridized carbons (Fsp3) is 0.889. The van der Waals surface area contributed by atoms with Gasteiger partial charge < -0.3 is 33.5 Å². The number of aliphatic hydroxyl groups excluding tert-OH is 1. The highest BCUT2D eigenvalue weighted by Gasteiger charge is 2.46. The van der Waals surface area contributed by atoms with Gasteiger partial charge in [-0.1, -0.05) is 35.4 Å². The Kier molecular flexibility index (Phi) is 15.7. The van der Waals surface area contributed by atoms with Gasteiger partial charge in [0.25, 0.3) is 0 Å². The van der Waals surface area contributed by atoms with E-state index in [1.165, 1.54) is 6.92 Å². The van der Waals surface area contributed by atoms with Crippen LogP contribution in [0.15, 0.2) is 0 Å². The monoisotopic (exact) mass is 657 g/mol. The summed E-state index contributed by atoms with van der Waals surface area (Å²) in [5, 5.41) is 23.8. The third-order valence-corrected chi connectivity index (χ3v) is 6.72. The summed E-state index contributed by atoms with van der Waals surface area (Å²) in [5.41, 5.74) is 2.12. The highest BCUT2D eigenvalue weighted by molar-refractivity contribution is 14.1. The van der Waals surface area contributed by atoms with E-state index >= 15 is 0 Å². The van der Waals surface area contributed by atoms with Crippen LogP contribution in [-0.2, 0) is 22.1 Å². The van der Waals surface area contributed by atoms with Gasteiger partial charge in [-0.25, -0.2) is 5.48 Å². The average Bonchev–Trinajstić information content (AvgIpc) is 2.72. The first-order valence-corrected chi connectivity index (χ1v) is 12.3. The molecule has 12 heteroatoms. The molecule has 1 aliphatic rings.